The molecule has 0 bridgehead atoms. The first kappa shape index (κ1) is 33.5. The number of aromatic nitrogens is 2. The number of hydrogen-bond acceptors (Lipinski definition) is 5. The topological polar surface area (TPSA) is 48.8 Å². The van der Waals surface area contributed by atoms with Gasteiger partial charge < -0.3 is 18.8 Å². The molecule has 0 spiro atoms. The molecule has 0 unspecified atom stereocenters. The molecule has 0 saturated carbocycles. The normalized spacial score (nSPS) is 11.4. The standard InChI is InChI=1S/C37H37F4N3O3/c1-3-4-22-44-33(34(28-14-20-30(45-2)21-15-28)42-35(44)29-8-6-5-7-9-29)25-43(23-26-10-16-31(17-11-26)46-36(38)39)24-27-12-18-32(19-13-27)47-37(40)41/h5-21,36-37H,3-4,22-25H2,1-2H3. The van der Waals surface area contributed by atoms with Gasteiger partial charge in [0.05, 0.1) is 18.5 Å². The Morgan fingerprint density at radius 3 is 1.68 bits per heavy atom. The monoisotopic (exact) mass is 647 g/mol. The molecule has 0 fully saturated rings. The smallest absolute Gasteiger partial charge is 0.387 e. The maximum Gasteiger partial charge on any atom is 0.387 e. The molecule has 6 nitrogen and oxygen atoms in total. The Hall–Kier alpha value is -4.83. The SMILES string of the molecule is CCCCn1c(-c2ccccc2)nc(-c2ccc(OC)cc2)c1CN(Cc1ccc(OC(F)F)cc1)Cc1ccc(OC(F)F)cc1. The Labute approximate surface area is 272 Å². The van der Waals surface area contributed by atoms with Gasteiger partial charge in [0.2, 0.25) is 0 Å². The van der Waals surface area contributed by atoms with Crippen LogP contribution >= 0.6 is 0 Å². The van der Waals surface area contributed by atoms with Crippen LogP contribution in [0.4, 0.5) is 17.6 Å². The number of ether oxygens (including phenoxy) is 3. The number of alkyl halides is 4. The number of imidazole rings is 1. The molecular formula is C37H37F4N3O3. The number of nitrogens with zero attached hydrogens (tertiary/aromatic N) is 3. The van der Waals surface area contributed by atoms with Crippen molar-refractivity contribution in [2.45, 2.75) is 59.2 Å². The summed E-state index contributed by atoms with van der Waals surface area (Å²) in [6, 6.07) is 31.0. The van der Waals surface area contributed by atoms with Crippen molar-refractivity contribution in [1.82, 2.24) is 14.5 Å². The molecule has 0 amide bonds. The average molecular weight is 648 g/mol. The van der Waals surface area contributed by atoms with Crippen LogP contribution < -0.4 is 14.2 Å². The van der Waals surface area contributed by atoms with Gasteiger partial charge in [-0.05, 0) is 66.1 Å². The molecule has 0 N–H and O–H groups in total. The quantitative estimate of drug-likeness (QED) is 0.0999. The van der Waals surface area contributed by atoms with Gasteiger partial charge >= 0.3 is 13.2 Å². The third kappa shape index (κ3) is 9.13. The number of hydrogen-bond donors (Lipinski definition) is 0. The van der Waals surface area contributed by atoms with Crippen LogP contribution in [0.1, 0.15) is 36.6 Å². The minimum Gasteiger partial charge on any atom is -0.497 e. The van der Waals surface area contributed by atoms with E-state index in [4.69, 9.17) is 9.72 Å². The average Bonchev–Trinajstić information content (AvgIpc) is 3.43. The highest BCUT2D eigenvalue weighted by molar-refractivity contribution is 5.69. The van der Waals surface area contributed by atoms with E-state index in [1.165, 1.54) is 24.3 Å². The fourth-order valence-corrected chi connectivity index (χ4v) is 5.44. The number of unbranched alkanes of at least 4 members (excludes halogenated alkanes) is 1. The molecule has 246 valence electrons. The summed E-state index contributed by atoms with van der Waals surface area (Å²) in [6.07, 6.45) is 1.94. The maximum atomic E-state index is 12.8. The molecule has 5 rings (SSSR count). The summed E-state index contributed by atoms with van der Waals surface area (Å²) in [7, 11) is 1.63. The van der Waals surface area contributed by atoms with Crippen molar-refractivity contribution in [1.29, 1.82) is 0 Å². The van der Waals surface area contributed by atoms with E-state index in [1.54, 1.807) is 31.4 Å². The fraction of sp³-hybridized carbons (Fsp3) is 0.270. The summed E-state index contributed by atoms with van der Waals surface area (Å²) < 4.78 is 67.9. The molecule has 47 heavy (non-hydrogen) atoms. The lowest BCUT2D eigenvalue weighted by molar-refractivity contribution is -0.0505. The van der Waals surface area contributed by atoms with E-state index in [-0.39, 0.29) is 11.5 Å². The van der Waals surface area contributed by atoms with Crippen molar-refractivity contribution in [2.24, 2.45) is 0 Å². The lowest BCUT2D eigenvalue weighted by Gasteiger charge is -2.25. The van der Waals surface area contributed by atoms with Crippen molar-refractivity contribution in [3.05, 3.63) is 120 Å². The molecule has 5 aromatic rings. The van der Waals surface area contributed by atoms with Crippen LogP contribution in [-0.2, 0) is 26.2 Å². The van der Waals surface area contributed by atoms with E-state index < -0.39 is 13.2 Å². The van der Waals surface area contributed by atoms with Crippen molar-refractivity contribution < 1.29 is 31.8 Å². The first-order chi connectivity index (χ1) is 22.8. The van der Waals surface area contributed by atoms with E-state index in [9.17, 15) is 17.6 Å². The Balaban J connectivity index is 1.57. The lowest BCUT2D eigenvalue weighted by Crippen LogP contribution is -2.24. The maximum absolute atomic E-state index is 12.8. The Bertz CT molecular complexity index is 1620. The number of halogens is 4. The summed E-state index contributed by atoms with van der Waals surface area (Å²) in [6.45, 7) is -1.50. The van der Waals surface area contributed by atoms with Gasteiger partial charge in [-0.1, -0.05) is 67.9 Å². The van der Waals surface area contributed by atoms with Gasteiger partial charge in [-0.25, -0.2) is 4.98 Å². The molecular weight excluding hydrogens is 610 g/mol. The van der Waals surface area contributed by atoms with Crippen molar-refractivity contribution in [3.8, 4) is 39.9 Å². The molecule has 0 atom stereocenters. The molecule has 1 aromatic heterocycles. The van der Waals surface area contributed by atoms with Crippen LogP contribution in [0.2, 0.25) is 0 Å². The third-order valence-corrected chi connectivity index (χ3v) is 7.69. The molecule has 1 heterocycles. The molecule has 10 heteroatoms. The first-order valence-corrected chi connectivity index (χ1v) is 15.4. The number of methoxy groups -OCH3 is 1. The van der Waals surface area contributed by atoms with Crippen molar-refractivity contribution in [3.63, 3.8) is 0 Å². The van der Waals surface area contributed by atoms with Crippen molar-refractivity contribution in [2.75, 3.05) is 7.11 Å². The van der Waals surface area contributed by atoms with E-state index in [2.05, 4.69) is 38.0 Å². The highest BCUT2D eigenvalue weighted by Gasteiger charge is 2.22. The second kappa shape index (κ2) is 16.1. The van der Waals surface area contributed by atoms with Gasteiger partial charge in [0.15, 0.2) is 0 Å². The molecule has 4 aromatic carbocycles. The van der Waals surface area contributed by atoms with Crippen LogP contribution in [0.15, 0.2) is 103 Å². The number of rotatable bonds is 16. The van der Waals surface area contributed by atoms with Crippen molar-refractivity contribution >= 4 is 0 Å². The highest BCUT2D eigenvalue weighted by atomic mass is 19.3. The largest absolute Gasteiger partial charge is 0.497 e. The Morgan fingerprint density at radius 2 is 1.19 bits per heavy atom. The summed E-state index contributed by atoms with van der Waals surface area (Å²) >= 11 is 0. The van der Waals surface area contributed by atoms with Gasteiger partial charge in [0.25, 0.3) is 0 Å². The van der Waals surface area contributed by atoms with Crippen LogP contribution in [0.25, 0.3) is 22.6 Å². The minimum atomic E-state index is -2.91. The third-order valence-electron chi connectivity index (χ3n) is 7.69. The lowest BCUT2D eigenvalue weighted by atomic mass is 10.1. The second-order valence-corrected chi connectivity index (χ2v) is 11.0. The predicted molar refractivity (Wildman–Crippen MR) is 174 cm³/mol. The predicted octanol–water partition coefficient (Wildman–Crippen LogP) is 9.43. The van der Waals surface area contributed by atoms with Gasteiger partial charge in [-0.2, -0.15) is 17.6 Å². The zero-order valence-electron chi connectivity index (χ0n) is 26.3. The van der Waals surface area contributed by atoms with Gasteiger partial charge in [-0.15, -0.1) is 0 Å². The summed E-state index contributed by atoms with van der Waals surface area (Å²) in [5.41, 5.74) is 5.57. The Morgan fingerprint density at radius 1 is 0.660 bits per heavy atom. The fourth-order valence-electron chi connectivity index (χ4n) is 5.44. The second-order valence-electron chi connectivity index (χ2n) is 11.0. The molecule has 0 aliphatic heterocycles. The summed E-state index contributed by atoms with van der Waals surface area (Å²) in [4.78, 5) is 7.44. The van der Waals surface area contributed by atoms with Crippen LogP contribution in [0, 0.1) is 0 Å². The Kier molecular flexibility index (Phi) is 11.5. The minimum absolute atomic E-state index is 0.0804. The van der Waals surface area contributed by atoms with E-state index in [1.807, 2.05) is 42.5 Å². The molecule has 0 aliphatic rings. The first-order valence-electron chi connectivity index (χ1n) is 15.4. The van der Waals surface area contributed by atoms with Crippen LogP contribution in [0.3, 0.4) is 0 Å². The van der Waals surface area contributed by atoms with E-state index in [0.29, 0.717) is 19.6 Å². The number of benzene rings is 4. The van der Waals surface area contributed by atoms with Gasteiger partial charge in [-0.3, -0.25) is 4.90 Å². The molecule has 0 aliphatic carbocycles. The van der Waals surface area contributed by atoms with Gasteiger partial charge in [0, 0.05) is 37.3 Å². The molecule has 0 saturated heterocycles. The summed E-state index contributed by atoms with van der Waals surface area (Å²) in [5, 5.41) is 0. The van der Waals surface area contributed by atoms with Crippen LogP contribution in [0.5, 0.6) is 17.2 Å². The van der Waals surface area contributed by atoms with Crippen LogP contribution in [-0.4, -0.2) is 34.8 Å². The summed E-state index contributed by atoms with van der Waals surface area (Å²) in [5.74, 6) is 1.76. The van der Waals surface area contributed by atoms with Gasteiger partial charge in [0.1, 0.15) is 23.1 Å². The highest BCUT2D eigenvalue weighted by Crippen LogP contribution is 2.33. The zero-order chi connectivity index (χ0) is 33.2. The molecule has 0 radical (unpaired) electrons. The van der Waals surface area contributed by atoms with E-state index in [0.717, 1.165) is 64.6 Å². The van der Waals surface area contributed by atoms with E-state index >= 15 is 0 Å². The zero-order valence-corrected chi connectivity index (χ0v) is 26.3.